The van der Waals surface area contributed by atoms with Gasteiger partial charge in [0.05, 0.1) is 5.56 Å². The summed E-state index contributed by atoms with van der Waals surface area (Å²) in [6.07, 6.45) is -4.26. The molecular weight excluding hydrogens is 197 g/mol. The molecule has 0 bridgehead atoms. The van der Waals surface area contributed by atoms with E-state index in [4.69, 9.17) is 0 Å². The van der Waals surface area contributed by atoms with E-state index in [2.05, 4.69) is 17.6 Å². The molecule has 0 atom stereocenters. The minimum absolute atomic E-state index is 0.0466. The van der Waals surface area contributed by atoms with Gasteiger partial charge in [0.15, 0.2) is 0 Å². The molecule has 1 rings (SSSR count). The molecule has 0 aliphatic carbocycles. The first-order valence-electron chi connectivity index (χ1n) is 3.56. The Morgan fingerprint density at radius 2 is 1.85 bits per heavy atom. The molecule has 1 aromatic rings. The second-order valence-corrected chi connectivity index (χ2v) is 2.76. The number of benzene rings is 1. The fourth-order valence-electron chi connectivity index (χ4n) is 1.03. The quantitative estimate of drug-likeness (QED) is 0.665. The van der Waals surface area contributed by atoms with Gasteiger partial charge in [0.1, 0.15) is 0 Å². The molecule has 0 N–H and O–H groups in total. The summed E-state index contributed by atoms with van der Waals surface area (Å²) < 4.78 is 36.9. The van der Waals surface area contributed by atoms with Crippen LogP contribution in [0.2, 0.25) is 0 Å². The first-order valence-corrected chi connectivity index (χ1v) is 3.96. The van der Waals surface area contributed by atoms with Crippen LogP contribution in [0.5, 0.6) is 0 Å². The average Bonchev–Trinajstić information content (AvgIpc) is 2.04. The minimum Gasteiger partial charge on any atom is -0.166 e. The van der Waals surface area contributed by atoms with E-state index < -0.39 is 11.7 Å². The summed E-state index contributed by atoms with van der Waals surface area (Å²) in [5.74, 6) is 0. The van der Waals surface area contributed by atoms with Crippen molar-refractivity contribution in [2.75, 3.05) is 0 Å². The maximum Gasteiger partial charge on any atom is 0.416 e. The lowest BCUT2D eigenvalue weighted by Gasteiger charge is -2.10. The zero-order valence-electron chi connectivity index (χ0n) is 6.56. The Morgan fingerprint density at radius 3 is 2.38 bits per heavy atom. The minimum atomic E-state index is -4.30. The number of hydrogen-bond acceptors (Lipinski definition) is 1. The maximum absolute atomic E-state index is 12.3. The van der Waals surface area contributed by atoms with Crippen molar-refractivity contribution in [2.45, 2.75) is 12.6 Å². The average molecular weight is 203 g/mol. The Morgan fingerprint density at radius 1 is 1.23 bits per heavy atom. The molecule has 0 saturated carbocycles. The molecule has 13 heavy (non-hydrogen) atoms. The number of rotatable bonds is 2. The van der Waals surface area contributed by atoms with E-state index in [1.807, 2.05) is 0 Å². The molecule has 0 fully saturated rings. The van der Waals surface area contributed by atoms with Crippen LogP contribution in [0, 0.1) is 0 Å². The number of alkyl halides is 3. The van der Waals surface area contributed by atoms with Crippen LogP contribution in [0.4, 0.5) is 13.2 Å². The van der Waals surface area contributed by atoms with Gasteiger partial charge in [0.25, 0.3) is 0 Å². The summed E-state index contributed by atoms with van der Waals surface area (Å²) in [6.45, 7) is 0. The van der Waals surface area contributed by atoms with Gasteiger partial charge in [-0.3, -0.25) is 0 Å². The molecule has 0 amide bonds. The highest BCUT2D eigenvalue weighted by molar-refractivity contribution is 7.78. The molecule has 69 valence electrons. The molecule has 0 nitrogen and oxygen atoms in total. The molecule has 0 aliphatic rings. The van der Waals surface area contributed by atoms with E-state index in [9.17, 15) is 13.2 Å². The van der Waals surface area contributed by atoms with E-state index in [-0.39, 0.29) is 12.0 Å². The zero-order chi connectivity index (χ0) is 9.90. The van der Waals surface area contributed by atoms with Gasteiger partial charge >= 0.3 is 6.18 Å². The van der Waals surface area contributed by atoms with Crippen LogP contribution in [0.1, 0.15) is 11.1 Å². The van der Waals surface area contributed by atoms with Crippen LogP contribution in [-0.2, 0) is 12.6 Å². The van der Waals surface area contributed by atoms with Crippen molar-refractivity contribution >= 4 is 17.6 Å². The van der Waals surface area contributed by atoms with Crippen LogP contribution in [0.15, 0.2) is 24.3 Å². The summed E-state index contributed by atoms with van der Waals surface area (Å²) in [7, 11) is 0. The van der Waals surface area contributed by atoms with Crippen molar-refractivity contribution in [1.29, 1.82) is 0 Å². The molecule has 0 spiro atoms. The van der Waals surface area contributed by atoms with Gasteiger partial charge in [-0.1, -0.05) is 30.4 Å². The highest BCUT2D eigenvalue weighted by Gasteiger charge is 2.32. The highest BCUT2D eigenvalue weighted by atomic mass is 32.1. The second-order valence-electron chi connectivity index (χ2n) is 2.48. The Balaban J connectivity index is 3.11. The van der Waals surface area contributed by atoms with Gasteiger partial charge in [-0.2, -0.15) is 13.2 Å². The summed E-state index contributed by atoms with van der Waals surface area (Å²) in [4.78, 5) is 0. The summed E-state index contributed by atoms with van der Waals surface area (Å²) >= 11 is 4.40. The van der Waals surface area contributed by atoms with E-state index in [1.165, 1.54) is 12.1 Å². The van der Waals surface area contributed by atoms with Crippen molar-refractivity contribution in [2.24, 2.45) is 0 Å². The van der Waals surface area contributed by atoms with Gasteiger partial charge in [-0.15, -0.1) is 0 Å². The van der Waals surface area contributed by atoms with Crippen LogP contribution in [-0.4, -0.2) is 5.37 Å². The van der Waals surface area contributed by atoms with E-state index in [0.29, 0.717) is 0 Å². The predicted molar refractivity (Wildman–Crippen MR) is 47.7 cm³/mol. The van der Waals surface area contributed by atoms with Gasteiger partial charge in [-0.05, 0) is 11.6 Å². The highest BCUT2D eigenvalue weighted by Crippen LogP contribution is 2.31. The van der Waals surface area contributed by atoms with Crippen LogP contribution in [0.25, 0.3) is 0 Å². The monoisotopic (exact) mass is 203 g/mol. The molecule has 0 heterocycles. The Kier molecular flexibility index (Phi) is 3.03. The van der Waals surface area contributed by atoms with E-state index in [0.717, 1.165) is 6.07 Å². The van der Waals surface area contributed by atoms with Crippen molar-refractivity contribution in [3.05, 3.63) is 35.4 Å². The Labute approximate surface area is 79.4 Å². The van der Waals surface area contributed by atoms with Crippen molar-refractivity contribution < 1.29 is 13.2 Å². The van der Waals surface area contributed by atoms with Crippen LogP contribution in [0.3, 0.4) is 0 Å². The Bertz CT molecular complexity index is 304. The van der Waals surface area contributed by atoms with Gasteiger partial charge in [0, 0.05) is 11.8 Å². The lowest BCUT2D eigenvalue weighted by molar-refractivity contribution is -0.138. The maximum atomic E-state index is 12.3. The third-order valence-electron chi connectivity index (χ3n) is 1.59. The number of halogens is 3. The third-order valence-corrected chi connectivity index (χ3v) is 1.73. The fourth-order valence-corrected chi connectivity index (χ4v) is 1.18. The van der Waals surface area contributed by atoms with E-state index >= 15 is 0 Å². The van der Waals surface area contributed by atoms with Gasteiger partial charge in [0.2, 0.25) is 0 Å². The van der Waals surface area contributed by atoms with Crippen molar-refractivity contribution in [3.8, 4) is 0 Å². The molecule has 1 radical (unpaired) electrons. The summed E-state index contributed by atoms with van der Waals surface area (Å²) in [5, 5.41) is 2.28. The topological polar surface area (TPSA) is 0 Å². The fraction of sp³-hybridized carbons (Fsp3) is 0.222. The standard InChI is InChI=1S/C9H6F3S/c10-9(11,12)8-4-2-1-3-7(8)5-6-13/h1-4H,5H2. The molecule has 0 saturated heterocycles. The normalized spacial score (nSPS) is 11.3. The SMILES string of the molecule is FC(F)(F)c1ccccc1C[C]=S. The lowest BCUT2D eigenvalue weighted by Crippen LogP contribution is -2.08. The van der Waals surface area contributed by atoms with Crippen molar-refractivity contribution in [3.63, 3.8) is 0 Å². The van der Waals surface area contributed by atoms with Gasteiger partial charge in [-0.25, -0.2) is 0 Å². The number of hydrogen-bond donors (Lipinski definition) is 0. The first-order chi connectivity index (χ1) is 6.05. The van der Waals surface area contributed by atoms with Crippen LogP contribution < -0.4 is 0 Å². The molecule has 0 aliphatic heterocycles. The van der Waals surface area contributed by atoms with Crippen LogP contribution >= 0.6 is 12.2 Å². The molecule has 0 aromatic heterocycles. The summed E-state index contributed by atoms with van der Waals surface area (Å²) in [5.41, 5.74) is -0.461. The smallest absolute Gasteiger partial charge is 0.166 e. The lowest BCUT2D eigenvalue weighted by atomic mass is 10.1. The van der Waals surface area contributed by atoms with E-state index in [1.54, 1.807) is 6.07 Å². The first kappa shape index (κ1) is 10.2. The number of thiocarbonyl (C=S) groups is 1. The predicted octanol–water partition coefficient (Wildman–Crippen LogP) is 3.12. The van der Waals surface area contributed by atoms with Crippen molar-refractivity contribution in [1.82, 2.24) is 0 Å². The molecule has 0 unspecified atom stereocenters. The molecule has 1 aromatic carbocycles. The zero-order valence-corrected chi connectivity index (χ0v) is 7.38. The second kappa shape index (κ2) is 3.87. The third kappa shape index (κ3) is 2.52. The Hall–Kier alpha value is -0.900. The summed E-state index contributed by atoms with van der Waals surface area (Å²) in [6, 6.07) is 5.36. The molecular formula is C9H6F3S. The molecule has 4 heteroatoms. The van der Waals surface area contributed by atoms with Gasteiger partial charge < -0.3 is 0 Å². The largest absolute Gasteiger partial charge is 0.416 e.